The third-order valence-corrected chi connectivity index (χ3v) is 2.46. The van der Waals surface area contributed by atoms with Crippen molar-refractivity contribution in [2.45, 2.75) is 20.4 Å². The number of aromatic nitrogens is 1. The van der Waals surface area contributed by atoms with Gasteiger partial charge >= 0.3 is 0 Å². The standard InChI is InChI=1S/C13H15FN2O/c1-3-15-7-10-8-17-13(16-10)11-5-4-9(2)6-12(11)14/h4-6,8,15H,3,7H2,1-2H3. The molecular weight excluding hydrogens is 219 g/mol. The van der Waals surface area contributed by atoms with Gasteiger partial charge in [0.2, 0.25) is 5.89 Å². The van der Waals surface area contributed by atoms with Crippen LogP contribution in [0.15, 0.2) is 28.9 Å². The molecule has 0 aliphatic carbocycles. The van der Waals surface area contributed by atoms with E-state index >= 15 is 0 Å². The summed E-state index contributed by atoms with van der Waals surface area (Å²) in [4.78, 5) is 4.24. The first kappa shape index (κ1) is 11.8. The van der Waals surface area contributed by atoms with Crippen molar-refractivity contribution in [3.8, 4) is 11.5 Å². The Hall–Kier alpha value is -1.68. The highest BCUT2D eigenvalue weighted by atomic mass is 19.1. The van der Waals surface area contributed by atoms with Gasteiger partial charge in [-0.2, -0.15) is 0 Å². The van der Waals surface area contributed by atoms with E-state index in [4.69, 9.17) is 4.42 Å². The van der Waals surface area contributed by atoms with Crippen molar-refractivity contribution in [2.24, 2.45) is 0 Å². The predicted octanol–water partition coefficient (Wildman–Crippen LogP) is 2.90. The summed E-state index contributed by atoms with van der Waals surface area (Å²) in [7, 11) is 0. The van der Waals surface area contributed by atoms with Crippen LogP contribution in [0.25, 0.3) is 11.5 Å². The van der Waals surface area contributed by atoms with Crippen LogP contribution in [-0.4, -0.2) is 11.5 Å². The number of nitrogens with one attached hydrogen (secondary N) is 1. The fourth-order valence-corrected chi connectivity index (χ4v) is 1.56. The zero-order valence-corrected chi connectivity index (χ0v) is 9.96. The molecule has 0 spiro atoms. The molecule has 17 heavy (non-hydrogen) atoms. The van der Waals surface area contributed by atoms with E-state index in [1.165, 1.54) is 6.07 Å². The lowest BCUT2D eigenvalue weighted by atomic mass is 10.1. The second kappa shape index (κ2) is 5.10. The average Bonchev–Trinajstić information content (AvgIpc) is 2.75. The van der Waals surface area contributed by atoms with Crippen LogP contribution >= 0.6 is 0 Å². The highest BCUT2D eigenvalue weighted by Crippen LogP contribution is 2.22. The first-order valence-electron chi connectivity index (χ1n) is 5.62. The maximum absolute atomic E-state index is 13.7. The maximum atomic E-state index is 13.7. The Kier molecular flexibility index (Phi) is 3.54. The lowest BCUT2D eigenvalue weighted by molar-refractivity contribution is 0.559. The Morgan fingerprint density at radius 1 is 1.41 bits per heavy atom. The number of nitrogens with zero attached hydrogens (tertiary/aromatic N) is 1. The SMILES string of the molecule is CCNCc1coc(-c2ccc(C)cc2F)n1. The van der Waals surface area contributed by atoms with Crippen LogP contribution < -0.4 is 5.32 Å². The van der Waals surface area contributed by atoms with Crippen LogP contribution in [0.3, 0.4) is 0 Å². The van der Waals surface area contributed by atoms with Crippen molar-refractivity contribution < 1.29 is 8.81 Å². The van der Waals surface area contributed by atoms with Crippen LogP contribution in [0.5, 0.6) is 0 Å². The monoisotopic (exact) mass is 234 g/mol. The highest BCUT2D eigenvalue weighted by Gasteiger charge is 2.11. The zero-order valence-electron chi connectivity index (χ0n) is 9.96. The molecule has 1 aromatic carbocycles. The summed E-state index contributed by atoms with van der Waals surface area (Å²) in [5.41, 5.74) is 2.06. The predicted molar refractivity (Wildman–Crippen MR) is 64.0 cm³/mol. The zero-order chi connectivity index (χ0) is 12.3. The molecule has 0 aliphatic heterocycles. The molecule has 0 bridgehead atoms. The van der Waals surface area contributed by atoms with Gasteiger partial charge in [-0.15, -0.1) is 0 Å². The first-order chi connectivity index (χ1) is 8.20. The van der Waals surface area contributed by atoms with Crippen molar-refractivity contribution in [1.29, 1.82) is 0 Å². The van der Waals surface area contributed by atoms with E-state index < -0.39 is 0 Å². The second-order valence-electron chi connectivity index (χ2n) is 3.91. The molecule has 0 aliphatic rings. The Balaban J connectivity index is 2.24. The van der Waals surface area contributed by atoms with Crippen molar-refractivity contribution in [3.05, 3.63) is 41.5 Å². The van der Waals surface area contributed by atoms with Gasteiger partial charge in [-0.25, -0.2) is 9.37 Å². The minimum Gasteiger partial charge on any atom is -0.444 e. The van der Waals surface area contributed by atoms with Gasteiger partial charge in [0.1, 0.15) is 12.1 Å². The molecule has 2 rings (SSSR count). The smallest absolute Gasteiger partial charge is 0.229 e. The van der Waals surface area contributed by atoms with E-state index in [9.17, 15) is 4.39 Å². The molecule has 0 unspecified atom stereocenters. The summed E-state index contributed by atoms with van der Waals surface area (Å²) in [5, 5.41) is 3.14. The molecule has 0 amide bonds. The van der Waals surface area contributed by atoms with E-state index in [1.54, 1.807) is 12.3 Å². The first-order valence-corrected chi connectivity index (χ1v) is 5.62. The van der Waals surface area contributed by atoms with Crippen molar-refractivity contribution in [2.75, 3.05) is 6.54 Å². The summed E-state index contributed by atoms with van der Waals surface area (Å²) in [6, 6.07) is 5.00. The van der Waals surface area contributed by atoms with Gasteiger partial charge in [0.15, 0.2) is 0 Å². The van der Waals surface area contributed by atoms with Gasteiger partial charge in [-0.05, 0) is 31.2 Å². The van der Waals surface area contributed by atoms with Gasteiger partial charge < -0.3 is 9.73 Å². The summed E-state index contributed by atoms with van der Waals surface area (Å²) in [5.74, 6) is 0.0252. The van der Waals surface area contributed by atoms with E-state index in [0.717, 1.165) is 17.8 Å². The molecule has 0 atom stereocenters. The van der Waals surface area contributed by atoms with E-state index in [2.05, 4.69) is 10.3 Å². The Morgan fingerprint density at radius 2 is 2.24 bits per heavy atom. The van der Waals surface area contributed by atoms with Crippen molar-refractivity contribution in [3.63, 3.8) is 0 Å². The minimum atomic E-state index is -0.304. The molecule has 1 N–H and O–H groups in total. The third kappa shape index (κ3) is 2.71. The molecule has 4 heteroatoms. The Labute approximate surface area is 99.7 Å². The lowest BCUT2D eigenvalue weighted by Crippen LogP contribution is -2.11. The van der Waals surface area contributed by atoms with Crippen LogP contribution in [0.1, 0.15) is 18.2 Å². The fraction of sp³-hybridized carbons (Fsp3) is 0.308. The number of aryl methyl sites for hydroxylation is 1. The number of halogens is 1. The summed E-state index contributed by atoms with van der Waals surface area (Å²) in [6.07, 6.45) is 1.55. The molecular formula is C13H15FN2O. The maximum Gasteiger partial charge on any atom is 0.229 e. The molecule has 0 fully saturated rings. The Morgan fingerprint density at radius 3 is 2.94 bits per heavy atom. The summed E-state index contributed by atoms with van der Waals surface area (Å²) < 4.78 is 19.0. The molecule has 0 saturated heterocycles. The van der Waals surface area contributed by atoms with Gasteiger partial charge in [0, 0.05) is 6.54 Å². The van der Waals surface area contributed by atoms with Crippen LogP contribution in [0.4, 0.5) is 4.39 Å². The molecule has 1 aromatic heterocycles. The Bertz CT molecular complexity index is 508. The molecule has 3 nitrogen and oxygen atoms in total. The molecule has 1 heterocycles. The fourth-order valence-electron chi connectivity index (χ4n) is 1.56. The van der Waals surface area contributed by atoms with E-state index in [-0.39, 0.29) is 5.82 Å². The number of rotatable bonds is 4. The van der Waals surface area contributed by atoms with Crippen LogP contribution in [0, 0.1) is 12.7 Å². The largest absolute Gasteiger partial charge is 0.444 e. The van der Waals surface area contributed by atoms with Crippen LogP contribution in [-0.2, 0) is 6.54 Å². The molecule has 2 aromatic rings. The topological polar surface area (TPSA) is 38.1 Å². The van der Waals surface area contributed by atoms with Gasteiger partial charge in [0.05, 0.1) is 11.3 Å². The molecule has 90 valence electrons. The summed E-state index contributed by atoms with van der Waals surface area (Å²) in [6.45, 7) is 5.36. The van der Waals surface area contributed by atoms with E-state index in [1.807, 2.05) is 19.9 Å². The number of hydrogen-bond donors (Lipinski definition) is 1. The average molecular weight is 234 g/mol. The molecule has 0 saturated carbocycles. The molecule has 0 radical (unpaired) electrons. The highest BCUT2D eigenvalue weighted by molar-refractivity contribution is 5.54. The van der Waals surface area contributed by atoms with Gasteiger partial charge in [0.25, 0.3) is 0 Å². The normalized spacial score (nSPS) is 10.8. The number of hydrogen-bond acceptors (Lipinski definition) is 3. The van der Waals surface area contributed by atoms with Gasteiger partial charge in [-0.3, -0.25) is 0 Å². The second-order valence-corrected chi connectivity index (χ2v) is 3.91. The third-order valence-electron chi connectivity index (χ3n) is 2.46. The van der Waals surface area contributed by atoms with Gasteiger partial charge in [-0.1, -0.05) is 13.0 Å². The quantitative estimate of drug-likeness (QED) is 0.884. The minimum absolute atomic E-state index is 0.304. The number of oxazole rings is 1. The lowest BCUT2D eigenvalue weighted by Gasteiger charge is -1.99. The van der Waals surface area contributed by atoms with Crippen molar-refractivity contribution >= 4 is 0 Å². The van der Waals surface area contributed by atoms with Crippen LogP contribution in [0.2, 0.25) is 0 Å². The summed E-state index contributed by atoms with van der Waals surface area (Å²) >= 11 is 0. The van der Waals surface area contributed by atoms with E-state index in [0.29, 0.717) is 18.0 Å². The number of benzene rings is 1. The van der Waals surface area contributed by atoms with Crippen molar-refractivity contribution in [1.82, 2.24) is 10.3 Å².